The second kappa shape index (κ2) is 9.53. The molecule has 158 valence electrons. The van der Waals surface area contributed by atoms with Gasteiger partial charge in [-0.1, -0.05) is 60.3 Å². The van der Waals surface area contributed by atoms with Crippen molar-refractivity contribution in [2.45, 2.75) is 30.8 Å². The number of furan rings is 1. The maximum Gasteiger partial charge on any atom is 0.237 e. The van der Waals surface area contributed by atoms with Gasteiger partial charge in [-0.25, -0.2) is 0 Å². The number of aromatic nitrogens is 3. The minimum Gasteiger partial charge on any atom is -0.446 e. The van der Waals surface area contributed by atoms with Crippen molar-refractivity contribution >= 4 is 39.3 Å². The number of carbonyl (C=O) groups excluding carboxylic acids is 1. The van der Waals surface area contributed by atoms with E-state index >= 15 is 0 Å². The molecule has 0 saturated heterocycles. The van der Waals surface area contributed by atoms with E-state index in [9.17, 15) is 4.79 Å². The van der Waals surface area contributed by atoms with Gasteiger partial charge in [0.1, 0.15) is 0 Å². The number of thioether (sulfide) groups is 1. The van der Waals surface area contributed by atoms with Gasteiger partial charge in [-0.2, -0.15) is 0 Å². The molecule has 1 unspecified atom stereocenters. The summed E-state index contributed by atoms with van der Waals surface area (Å²) in [5, 5.41) is 12.0. The summed E-state index contributed by atoms with van der Waals surface area (Å²) in [6.45, 7) is 4.40. The van der Waals surface area contributed by atoms with Crippen LogP contribution in [0.25, 0.3) is 11.6 Å². The third-order valence-electron chi connectivity index (χ3n) is 4.75. The quantitative estimate of drug-likeness (QED) is 0.328. The molecule has 0 saturated carbocycles. The first-order valence-electron chi connectivity index (χ1n) is 9.77. The van der Waals surface area contributed by atoms with Gasteiger partial charge < -0.3 is 9.73 Å². The number of benzene rings is 2. The Morgan fingerprint density at radius 2 is 1.84 bits per heavy atom. The first-order chi connectivity index (χ1) is 15.0. The van der Waals surface area contributed by atoms with E-state index in [1.54, 1.807) is 0 Å². The highest BCUT2D eigenvalue weighted by molar-refractivity contribution is 9.10. The van der Waals surface area contributed by atoms with Gasteiger partial charge in [0.25, 0.3) is 0 Å². The summed E-state index contributed by atoms with van der Waals surface area (Å²) in [7, 11) is 0. The first-order valence-corrected chi connectivity index (χ1v) is 11.4. The minimum atomic E-state index is -0.366. The Morgan fingerprint density at radius 3 is 2.55 bits per heavy atom. The van der Waals surface area contributed by atoms with Crippen LogP contribution in [0, 0.1) is 6.92 Å². The van der Waals surface area contributed by atoms with Crippen LogP contribution in [0.5, 0.6) is 0 Å². The molecule has 1 N–H and O–H groups in total. The van der Waals surface area contributed by atoms with Crippen molar-refractivity contribution in [1.82, 2.24) is 14.8 Å². The number of rotatable bonds is 7. The van der Waals surface area contributed by atoms with Crippen LogP contribution in [-0.4, -0.2) is 25.9 Å². The normalized spacial score (nSPS) is 12.0. The molecule has 31 heavy (non-hydrogen) atoms. The lowest BCUT2D eigenvalue weighted by Gasteiger charge is -2.14. The number of nitrogens with one attached hydrogen (secondary N) is 1. The SMILES string of the molecule is Cc1ccccc1NC(=O)C(C)Sc1nnc(-c2ccc(Br)o2)n1Cc1ccccc1. The second-order valence-corrected chi connectivity index (χ2v) is 9.14. The van der Waals surface area contributed by atoms with Crippen LogP contribution in [0.3, 0.4) is 0 Å². The van der Waals surface area contributed by atoms with Crippen LogP contribution in [0.4, 0.5) is 5.69 Å². The fraction of sp³-hybridized carbons (Fsp3) is 0.174. The Labute approximate surface area is 193 Å². The highest BCUT2D eigenvalue weighted by Crippen LogP contribution is 2.30. The zero-order chi connectivity index (χ0) is 21.8. The Kier molecular flexibility index (Phi) is 6.58. The topological polar surface area (TPSA) is 73.0 Å². The van der Waals surface area contributed by atoms with Crippen LogP contribution in [0.2, 0.25) is 0 Å². The molecule has 2 aromatic carbocycles. The van der Waals surface area contributed by atoms with Crippen molar-refractivity contribution in [2.24, 2.45) is 0 Å². The first kappa shape index (κ1) is 21.4. The number of aryl methyl sites for hydroxylation is 1. The highest BCUT2D eigenvalue weighted by atomic mass is 79.9. The van der Waals surface area contributed by atoms with Crippen LogP contribution in [-0.2, 0) is 11.3 Å². The Morgan fingerprint density at radius 1 is 1.10 bits per heavy atom. The summed E-state index contributed by atoms with van der Waals surface area (Å²) in [5.74, 6) is 1.14. The summed E-state index contributed by atoms with van der Waals surface area (Å²) < 4.78 is 8.31. The molecule has 1 atom stereocenters. The van der Waals surface area contributed by atoms with Crippen LogP contribution < -0.4 is 5.32 Å². The van der Waals surface area contributed by atoms with Crippen molar-refractivity contribution in [2.75, 3.05) is 5.32 Å². The van der Waals surface area contributed by atoms with Gasteiger partial charge in [0, 0.05) is 5.69 Å². The molecule has 1 amide bonds. The number of amides is 1. The maximum atomic E-state index is 12.8. The molecular formula is C23H21BrN4O2S. The zero-order valence-electron chi connectivity index (χ0n) is 17.1. The molecule has 0 aliphatic carbocycles. The van der Waals surface area contributed by atoms with E-state index in [0.29, 0.717) is 28.0 Å². The van der Waals surface area contributed by atoms with Crippen molar-refractivity contribution in [1.29, 1.82) is 0 Å². The highest BCUT2D eigenvalue weighted by Gasteiger charge is 2.22. The Balaban J connectivity index is 1.59. The van der Waals surface area contributed by atoms with Gasteiger partial charge in [0.05, 0.1) is 11.8 Å². The third kappa shape index (κ3) is 5.08. The summed E-state index contributed by atoms with van der Waals surface area (Å²) in [6.07, 6.45) is 0. The van der Waals surface area contributed by atoms with E-state index in [-0.39, 0.29) is 11.2 Å². The summed E-state index contributed by atoms with van der Waals surface area (Å²) in [6, 6.07) is 21.5. The summed E-state index contributed by atoms with van der Waals surface area (Å²) in [4.78, 5) is 12.8. The number of halogens is 1. The number of hydrogen-bond acceptors (Lipinski definition) is 5. The number of anilines is 1. The molecule has 2 heterocycles. The smallest absolute Gasteiger partial charge is 0.237 e. The molecule has 0 aliphatic heterocycles. The molecule has 8 heteroatoms. The van der Waals surface area contributed by atoms with E-state index in [2.05, 4.69) is 31.4 Å². The van der Waals surface area contributed by atoms with Gasteiger partial charge in [-0.3, -0.25) is 9.36 Å². The molecule has 0 aliphatic rings. The lowest BCUT2D eigenvalue weighted by atomic mass is 10.2. The zero-order valence-corrected chi connectivity index (χ0v) is 19.5. The van der Waals surface area contributed by atoms with Gasteiger partial charge >= 0.3 is 0 Å². The molecule has 4 aromatic rings. The van der Waals surface area contributed by atoms with Crippen molar-refractivity contribution < 1.29 is 9.21 Å². The van der Waals surface area contributed by atoms with E-state index in [4.69, 9.17) is 4.42 Å². The molecule has 2 aromatic heterocycles. The summed E-state index contributed by atoms with van der Waals surface area (Å²) in [5.41, 5.74) is 2.94. The minimum absolute atomic E-state index is 0.0872. The largest absolute Gasteiger partial charge is 0.446 e. The van der Waals surface area contributed by atoms with Crippen molar-refractivity contribution in [3.05, 3.63) is 82.5 Å². The van der Waals surface area contributed by atoms with Crippen LogP contribution in [0.15, 0.2) is 81.0 Å². The molecular weight excluding hydrogens is 476 g/mol. The van der Waals surface area contributed by atoms with E-state index < -0.39 is 0 Å². The fourth-order valence-corrected chi connectivity index (χ4v) is 4.22. The predicted molar refractivity (Wildman–Crippen MR) is 126 cm³/mol. The van der Waals surface area contributed by atoms with Crippen molar-refractivity contribution in [3.63, 3.8) is 0 Å². The lowest BCUT2D eigenvalue weighted by Crippen LogP contribution is -2.23. The van der Waals surface area contributed by atoms with E-state index in [1.807, 2.05) is 85.1 Å². The van der Waals surface area contributed by atoms with Gasteiger partial charge in [0.15, 0.2) is 15.6 Å². The van der Waals surface area contributed by atoms with Crippen LogP contribution >= 0.6 is 27.7 Å². The average Bonchev–Trinajstić information content (AvgIpc) is 3.36. The number of carbonyl (C=O) groups is 1. The van der Waals surface area contributed by atoms with E-state index in [1.165, 1.54) is 11.8 Å². The molecule has 4 rings (SSSR count). The lowest BCUT2D eigenvalue weighted by molar-refractivity contribution is -0.115. The molecule has 0 spiro atoms. The fourth-order valence-electron chi connectivity index (χ4n) is 3.06. The Bertz CT molecular complexity index is 1190. The average molecular weight is 497 g/mol. The predicted octanol–water partition coefficient (Wildman–Crippen LogP) is 5.78. The molecule has 0 bridgehead atoms. The van der Waals surface area contributed by atoms with E-state index in [0.717, 1.165) is 16.8 Å². The summed E-state index contributed by atoms with van der Waals surface area (Å²) >= 11 is 4.71. The molecule has 0 radical (unpaired) electrons. The van der Waals surface area contributed by atoms with Crippen LogP contribution in [0.1, 0.15) is 18.1 Å². The standard InChI is InChI=1S/C23H21BrN4O2S/c1-15-8-6-7-11-18(15)25-22(29)16(2)31-23-27-26-21(19-12-13-20(24)30-19)28(23)14-17-9-4-3-5-10-17/h3-13,16H,14H2,1-2H3,(H,25,29). The number of para-hydroxylation sites is 1. The molecule has 6 nitrogen and oxygen atoms in total. The third-order valence-corrected chi connectivity index (χ3v) is 6.25. The van der Waals surface area contributed by atoms with Gasteiger partial charge in [-0.05, 0) is 59.1 Å². The number of hydrogen-bond donors (Lipinski definition) is 1. The van der Waals surface area contributed by atoms with Gasteiger partial charge in [-0.15, -0.1) is 10.2 Å². The maximum absolute atomic E-state index is 12.8. The molecule has 0 fully saturated rings. The Hall–Kier alpha value is -2.84. The monoisotopic (exact) mass is 496 g/mol. The number of nitrogens with zero attached hydrogens (tertiary/aromatic N) is 3. The van der Waals surface area contributed by atoms with Crippen molar-refractivity contribution in [3.8, 4) is 11.6 Å². The van der Waals surface area contributed by atoms with Gasteiger partial charge in [0.2, 0.25) is 11.7 Å². The second-order valence-electron chi connectivity index (χ2n) is 7.05.